The molecule has 0 saturated carbocycles. The van der Waals surface area contributed by atoms with E-state index in [-0.39, 0.29) is 11.8 Å². The summed E-state index contributed by atoms with van der Waals surface area (Å²) < 4.78 is 8.17. The van der Waals surface area contributed by atoms with Crippen LogP contribution in [0.1, 0.15) is 22.6 Å². The maximum Gasteiger partial charge on any atom is 0.257 e. The Kier molecular flexibility index (Phi) is 5.29. The van der Waals surface area contributed by atoms with Gasteiger partial charge in [0.25, 0.3) is 5.91 Å². The Hall–Kier alpha value is -3.03. The predicted octanol–water partition coefficient (Wildman–Crippen LogP) is 2.21. The molecule has 2 aliphatic rings. The second kappa shape index (κ2) is 8.24. The molecule has 0 unspecified atom stereocenters. The van der Waals surface area contributed by atoms with E-state index in [9.17, 15) is 4.79 Å². The number of aromatic nitrogens is 3. The molecule has 1 amide bonds. The second-order valence-electron chi connectivity index (χ2n) is 8.48. The van der Waals surface area contributed by atoms with Gasteiger partial charge in [0.15, 0.2) is 5.60 Å². The highest BCUT2D eigenvalue weighted by Crippen LogP contribution is 2.42. The van der Waals surface area contributed by atoms with Gasteiger partial charge in [0, 0.05) is 69.8 Å². The number of amides is 1. The van der Waals surface area contributed by atoms with Crippen LogP contribution in [0, 0.1) is 0 Å². The first-order valence-electron chi connectivity index (χ1n) is 10.7. The molecule has 1 spiro atoms. The minimum atomic E-state index is -0.891. The topological polar surface area (TPSA) is 63.5 Å². The Labute approximate surface area is 182 Å². The van der Waals surface area contributed by atoms with Gasteiger partial charge in [-0.3, -0.25) is 19.4 Å². The molecule has 4 heterocycles. The third kappa shape index (κ3) is 3.86. The van der Waals surface area contributed by atoms with Crippen molar-refractivity contribution >= 4 is 5.91 Å². The summed E-state index contributed by atoms with van der Waals surface area (Å²) in [5.41, 5.74) is 2.43. The minimum Gasteiger partial charge on any atom is -0.361 e. The molecule has 2 saturated heterocycles. The molecule has 3 aromatic rings. The molecule has 2 aromatic heterocycles. The van der Waals surface area contributed by atoms with E-state index in [2.05, 4.69) is 33.2 Å². The molecule has 0 N–H and O–H groups in total. The van der Waals surface area contributed by atoms with Crippen molar-refractivity contribution in [2.45, 2.75) is 24.6 Å². The maximum absolute atomic E-state index is 13.9. The van der Waals surface area contributed by atoms with Gasteiger partial charge in [-0.1, -0.05) is 36.4 Å². The van der Waals surface area contributed by atoms with Gasteiger partial charge < -0.3 is 9.64 Å². The quantitative estimate of drug-likeness (QED) is 0.637. The molecule has 160 valence electrons. The summed E-state index contributed by atoms with van der Waals surface area (Å²) in [6.07, 6.45) is 7.54. The van der Waals surface area contributed by atoms with Gasteiger partial charge in [0.2, 0.25) is 0 Å². The zero-order chi connectivity index (χ0) is 21.3. The molecule has 2 aliphatic heterocycles. The highest BCUT2D eigenvalue weighted by atomic mass is 16.5. The van der Waals surface area contributed by atoms with Crippen LogP contribution < -0.4 is 0 Å². The van der Waals surface area contributed by atoms with Crippen LogP contribution in [0.2, 0.25) is 0 Å². The number of pyridine rings is 1. The largest absolute Gasteiger partial charge is 0.361 e. The number of benzene rings is 1. The van der Waals surface area contributed by atoms with Crippen molar-refractivity contribution in [1.82, 2.24) is 24.6 Å². The number of nitrogens with zero attached hydrogens (tertiary/aromatic N) is 5. The number of rotatable bonds is 5. The lowest BCUT2D eigenvalue weighted by molar-refractivity contribution is -0.173. The number of carbonyl (C=O) groups is 1. The van der Waals surface area contributed by atoms with Crippen LogP contribution in [0.3, 0.4) is 0 Å². The standard InChI is InChI=1S/C24H27N5O2/c1-27-14-20(12-26-27)15-28-17-22(21-8-5-9-25-13-21)24(18-28)23(30)29(10-11-31-24)16-19-6-3-2-4-7-19/h2-9,12-14,22H,10-11,15-18H2,1H3/t22-,24-/m0/s1. The number of hydrogen-bond acceptors (Lipinski definition) is 5. The van der Waals surface area contributed by atoms with E-state index in [4.69, 9.17) is 4.74 Å². The van der Waals surface area contributed by atoms with Gasteiger partial charge >= 0.3 is 0 Å². The monoisotopic (exact) mass is 417 g/mol. The van der Waals surface area contributed by atoms with Gasteiger partial charge in [-0.05, 0) is 17.2 Å². The molecule has 2 atom stereocenters. The number of ether oxygens (including phenoxy) is 1. The number of hydrogen-bond donors (Lipinski definition) is 0. The smallest absolute Gasteiger partial charge is 0.257 e. The molecule has 7 heteroatoms. The van der Waals surface area contributed by atoms with Crippen molar-refractivity contribution in [3.05, 3.63) is 83.9 Å². The van der Waals surface area contributed by atoms with Crippen LogP contribution >= 0.6 is 0 Å². The molecule has 7 nitrogen and oxygen atoms in total. The third-order valence-corrected chi connectivity index (χ3v) is 6.30. The normalized spacial score (nSPS) is 24.2. The summed E-state index contributed by atoms with van der Waals surface area (Å²) in [5.74, 6) is 0.00841. The van der Waals surface area contributed by atoms with Crippen LogP contribution in [-0.2, 0) is 29.7 Å². The average molecular weight is 418 g/mol. The van der Waals surface area contributed by atoms with Gasteiger partial charge in [-0.2, -0.15) is 5.10 Å². The maximum atomic E-state index is 13.9. The first kappa shape index (κ1) is 19.9. The van der Waals surface area contributed by atoms with E-state index < -0.39 is 5.60 Å². The molecular weight excluding hydrogens is 390 g/mol. The van der Waals surface area contributed by atoms with E-state index in [1.54, 1.807) is 6.20 Å². The van der Waals surface area contributed by atoms with Crippen LogP contribution in [0.25, 0.3) is 0 Å². The Balaban J connectivity index is 1.44. The molecule has 0 radical (unpaired) electrons. The summed E-state index contributed by atoms with van der Waals surface area (Å²) in [6, 6.07) is 14.1. The summed E-state index contributed by atoms with van der Waals surface area (Å²) in [4.78, 5) is 22.5. The summed E-state index contributed by atoms with van der Waals surface area (Å²) in [6.45, 7) is 3.79. The predicted molar refractivity (Wildman–Crippen MR) is 116 cm³/mol. The van der Waals surface area contributed by atoms with Crippen LogP contribution in [0.5, 0.6) is 0 Å². The van der Waals surface area contributed by atoms with Crippen LogP contribution in [-0.4, -0.2) is 62.3 Å². The van der Waals surface area contributed by atoms with Crippen molar-refractivity contribution < 1.29 is 9.53 Å². The lowest BCUT2D eigenvalue weighted by Crippen LogP contribution is -2.59. The van der Waals surface area contributed by atoms with Gasteiger partial charge in [-0.15, -0.1) is 0 Å². The number of aryl methyl sites for hydroxylation is 1. The van der Waals surface area contributed by atoms with E-state index >= 15 is 0 Å². The van der Waals surface area contributed by atoms with Crippen molar-refractivity contribution in [1.29, 1.82) is 0 Å². The fraction of sp³-hybridized carbons (Fsp3) is 0.375. The van der Waals surface area contributed by atoms with E-state index in [0.29, 0.717) is 26.2 Å². The molecule has 0 bridgehead atoms. The number of likely N-dealkylation sites (tertiary alicyclic amines) is 1. The van der Waals surface area contributed by atoms with Crippen molar-refractivity contribution in [3.8, 4) is 0 Å². The zero-order valence-corrected chi connectivity index (χ0v) is 17.7. The Morgan fingerprint density at radius 1 is 1.10 bits per heavy atom. The fourth-order valence-corrected chi connectivity index (χ4v) is 4.89. The summed E-state index contributed by atoms with van der Waals surface area (Å²) in [7, 11) is 1.92. The molecule has 31 heavy (non-hydrogen) atoms. The van der Waals surface area contributed by atoms with E-state index in [0.717, 1.165) is 29.8 Å². The number of morpholine rings is 1. The summed E-state index contributed by atoms with van der Waals surface area (Å²) >= 11 is 0. The molecule has 2 fully saturated rings. The van der Waals surface area contributed by atoms with Crippen molar-refractivity contribution in [3.63, 3.8) is 0 Å². The fourth-order valence-electron chi connectivity index (χ4n) is 4.89. The number of carbonyl (C=O) groups excluding carboxylic acids is 1. The Morgan fingerprint density at radius 3 is 2.71 bits per heavy atom. The lowest BCUT2D eigenvalue weighted by atomic mass is 9.83. The molecule has 5 rings (SSSR count). The summed E-state index contributed by atoms with van der Waals surface area (Å²) in [5, 5.41) is 4.29. The molecule has 1 aromatic carbocycles. The second-order valence-corrected chi connectivity index (χ2v) is 8.48. The minimum absolute atomic E-state index is 0.0658. The third-order valence-electron chi connectivity index (χ3n) is 6.30. The van der Waals surface area contributed by atoms with Gasteiger partial charge in [0.1, 0.15) is 0 Å². The highest BCUT2D eigenvalue weighted by Gasteiger charge is 2.57. The van der Waals surface area contributed by atoms with E-state index in [1.807, 2.05) is 59.5 Å². The van der Waals surface area contributed by atoms with Crippen molar-refractivity contribution in [2.24, 2.45) is 7.05 Å². The first-order valence-corrected chi connectivity index (χ1v) is 10.7. The molecule has 0 aliphatic carbocycles. The van der Waals surface area contributed by atoms with Gasteiger partial charge in [-0.25, -0.2) is 0 Å². The SMILES string of the molecule is Cn1cc(CN2C[C@@H](c3cccnc3)[C@]3(C2)OCCN(Cc2ccccc2)C3=O)cn1. The Bertz CT molecular complexity index is 1040. The highest BCUT2D eigenvalue weighted by molar-refractivity contribution is 5.88. The molecular formula is C24H27N5O2. The lowest BCUT2D eigenvalue weighted by Gasteiger charge is -2.42. The first-order chi connectivity index (χ1) is 15.1. The van der Waals surface area contributed by atoms with E-state index in [1.165, 1.54) is 0 Å². The van der Waals surface area contributed by atoms with Gasteiger partial charge in [0.05, 0.1) is 12.8 Å². The van der Waals surface area contributed by atoms with Crippen molar-refractivity contribution in [2.75, 3.05) is 26.2 Å². The average Bonchev–Trinajstić information content (AvgIpc) is 3.37. The van der Waals surface area contributed by atoms with Crippen LogP contribution in [0.4, 0.5) is 0 Å². The zero-order valence-electron chi connectivity index (χ0n) is 17.7. The van der Waals surface area contributed by atoms with Crippen LogP contribution in [0.15, 0.2) is 67.3 Å². The Morgan fingerprint density at radius 2 is 1.97 bits per heavy atom.